The van der Waals surface area contributed by atoms with Gasteiger partial charge in [0.15, 0.2) is 11.6 Å². The summed E-state index contributed by atoms with van der Waals surface area (Å²) in [6.45, 7) is 2.02. The first-order valence-electron chi connectivity index (χ1n) is 6.85. The maximum absolute atomic E-state index is 12.0. The molecule has 0 bridgehead atoms. The molecule has 4 aromatic rings. The normalized spacial score (nSPS) is 11.0. The Morgan fingerprint density at radius 3 is 2.78 bits per heavy atom. The molecular weight excluding hydrogens is 314 g/mol. The number of nitrogens with zero attached hydrogens (tertiary/aromatic N) is 4. The van der Waals surface area contributed by atoms with E-state index >= 15 is 0 Å². The molecule has 3 aromatic heterocycles. The minimum absolute atomic E-state index is 0.231. The number of aromatic nitrogens is 4. The van der Waals surface area contributed by atoms with Gasteiger partial charge in [0.05, 0.1) is 6.26 Å². The fourth-order valence-electron chi connectivity index (χ4n) is 2.12. The minimum atomic E-state index is -0.350. The van der Waals surface area contributed by atoms with E-state index in [4.69, 9.17) is 4.42 Å². The van der Waals surface area contributed by atoms with Crippen molar-refractivity contribution in [1.82, 2.24) is 19.8 Å². The standard InChI is InChI=1S/C15H11N5O2S/c1-9-4-6-10(7-5-9)12-17-18-15-20(12)19-14(23-15)16-13(21)11-3-2-8-22-11/h2-8H,1H3,(H,16,19,21). The van der Waals surface area contributed by atoms with Gasteiger partial charge in [-0.25, -0.2) is 0 Å². The smallest absolute Gasteiger partial charge is 0.293 e. The second-order valence-corrected chi connectivity index (χ2v) is 5.88. The van der Waals surface area contributed by atoms with Crippen molar-refractivity contribution in [2.24, 2.45) is 0 Å². The molecule has 0 radical (unpaired) electrons. The first kappa shape index (κ1) is 13.6. The van der Waals surface area contributed by atoms with Crippen molar-refractivity contribution in [1.29, 1.82) is 0 Å². The van der Waals surface area contributed by atoms with Crippen LogP contribution in [0.1, 0.15) is 16.1 Å². The van der Waals surface area contributed by atoms with Crippen molar-refractivity contribution in [3.63, 3.8) is 0 Å². The Labute approximate surface area is 134 Å². The van der Waals surface area contributed by atoms with Gasteiger partial charge in [0.2, 0.25) is 10.1 Å². The summed E-state index contributed by atoms with van der Waals surface area (Å²) in [5, 5.41) is 15.7. The van der Waals surface area contributed by atoms with Gasteiger partial charge in [0.25, 0.3) is 5.91 Å². The van der Waals surface area contributed by atoms with Crippen molar-refractivity contribution < 1.29 is 9.21 Å². The molecule has 0 spiro atoms. The van der Waals surface area contributed by atoms with Gasteiger partial charge in [0, 0.05) is 5.56 Å². The zero-order valence-electron chi connectivity index (χ0n) is 12.1. The van der Waals surface area contributed by atoms with Gasteiger partial charge in [-0.2, -0.15) is 4.52 Å². The summed E-state index contributed by atoms with van der Waals surface area (Å²) in [7, 11) is 0. The zero-order valence-corrected chi connectivity index (χ0v) is 12.9. The molecule has 0 saturated carbocycles. The van der Waals surface area contributed by atoms with Gasteiger partial charge in [-0.1, -0.05) is 41.2 Å². The Hall–Kier alpha value is -3.00. The molecule has 0 unspecified atom stereocenters. The van der Waals surface area contributed by atoms with Crippen LogP contribution in [0.5, 0.6) is 0 Å². The number of fused-ring (bicyclic) bond motifs is 1. The highest BCUT2D eigenvalue weighted by atomic mass is 32.1. The predicted molar refractivity (Wildman–Crippen MR) is 85.5 cm³/mol. The van der Waals surface area contributed by atoms with E-state index in [1.165, 1.54) is 23.2 Å². The summed E-state index contributed by atoms with van der Waals surface area (Å²) in [5.74, 6) is 0.515. The van der Waals surface area contributed by atoms with Crippen LogP contribution in [0.3, 0.4) is 0 Å². The van der Waals surface area contributed by atoms with E-state index < -0.39 is 0 Å². The molecule has 0 fully saturated rings. The number of amides is 1. The fraction of sp³-hybridized carbons (Fsp3) is 0.0667. The number of furan rings is 1. The van der Waals surface area contributed by atoms with Crippen molar-refractivity contribution in [2.45, 2.75) is 6.92 Å². The van der Waals surface area contributed by atoms with Gasteiger partial charge in [0.1, 0.15) is 0 Å². The Bertz CT molecular complexity index is 969. The zero-order chi connectivity index (χ0) is 15.8. The van der Waals surface area contributed by atoms with Crippen LogP contribution in [-0.2, 0) is 0 Å². The molecule has 0 aliphatic rings. The molecule has 0 saturated heterocycles. The molecule has 7 nitrogen and oxygen atoms in total. The molecule has 0 atom stereocenters. The van der Waals surface area contributed by atoms with Gasteiger partial charge < -0.3 is 4.42 Å². The van der Waals surface area contributed by atoms with E-state index in [-0.39, 0.29) is 11.7 Å². The summed E-state index contributed by atoms with van der Waals surface area (Å²) in [5.41, 5.74) is 2.08. The summed E-state index contributed by atoms with van der Waals surface area (Å²) < 4.78 is 6.68. The molecule has 8 heteroatoms. The lowest BCUT2D eigenvalue weighted by atomic mass is 10.1. The van der Waals surface area contributed by atoms with Crippen molar-refractivity contribution in [3.05, 3.63) is 54.0 Å². The van der Waals surface area contributed by atoms with E-state index in [1.807, 2.05) is 31.2 Å². The fourth-order valence-corrected chi connectivity index (χ4v) is 2.85. The largest absolute Gasteiger partial charge is 0.459 e. The third-order valence-electron chi connectivity index (χ3n) is 3.27. The van der Waals surface area contributed by atoms with E-state index in [9.17, 15) is 4.79 Å². The molecule has 4 rings (SSSR count). The number of hydrogen-bond acceptors (Lipinski definition) is 6. The monoisotopic (exact) mass is 325 g/mol. The summed E-state index contributed by atoms with van der Waals surface area (Å²) in [4.78, 5) is 12.6. The average molecular weight is 325 g/mol. The first-order valence-corrected chi connectivity index (χ1v) is 7.66. The van der Waals surface area contributed by atoms with Gasteiger partial charge in [-0.05, 0) is 19.1 Å². The van der Waals surface area contributed by atoms with Crippen LogP contribution in [-0.4, -0.2) is 25.7 Å². The molecule has 1 aromatic carbocycles. The number of anilines is 1. The van der Waals surface area contributed by atoms with Crippen molar-refractivity contribution in [2.75, 3.05) is 5.32 Å². The number of nitrogens with one attached hydrogen (secondary N) is 1. The van der Waals surface area contributed by atoms with Crippen LogP contribution in [0.2, 0.25) is 0 Å². The number of carbonyl (C=O) groups is 1. The highest BCUT2D eigenvalue weighted by molar-refractivity contribution is 7.20. The maximum atomic E-state index is 12.0. The average Bonchev–Trinajstić information content (AvgIpc) is 3.24. The molecule has 3 heterocycles. The maximum Gasteiger partial charge on any atom is 0.293 e. The van der Waals surface area contributed by atoms with Crippen molar-refractivity contribution >= 4 is 27.3 Å². The van der Waals surface area contributed by atoms with E-state index in [2.05, 4.69) is 20.6 Å². The minimum Gasteiger partial charge on any atom is -0.459 e. The van der Waals surface area contributed by atoms with E-state index in [1.54, 1.807) is 16.6 Å². The first-order chi connectivity index (χ1) is 11.2. The van der Waals surface area contributed by atoms with Crippen LogP contribution < -0.4 is 5.32 Å². The number of rotatable bonds is 3. The molecule has 1 N–H and O–H groups in total. The number of hydrogen-bond donors (Lipinski definition) is 1. The van der Waals surface area contributed by atoms with Crippen LogP contribution in [0.15, 0.2) is 47.1 Å². The quantitative estimate of drug-likeness (QED) is 0.626. The number of benzene rings is 1. The van der Waals surface area contributed by atoms with Crippen LogP contribution in [0, 0.1) is 6.92 Å². The summed E-state index contributed by atoms with van der Waals surface area (Å²) >= 11 is 1.25. The lowest BCUT2D eigenvalue weighted by Gasteiger charge is -1.98. The third-order valence-corrected chi connectivity index (χ3v) is 4.08. The van der Waals surface area contributed by atoms with Gasteiger partial charge >= 0.3 is 0 Å². The SMILES string of the molecule is Cc1ccc(-c2nnc3sc(NC(=O)c4ccco4)nn23)cc1. The van der Waals surface area contributed by atoms with E-state index in [0.29, 0.717) is 15.9 Å². The summed E-state index contributed by atoms with van der Waals surface area (Å²) in [6, 6.07) is 11.2. The van der Waals surface area contributed by atoms with Crippen LogP contribution in [0.4, 0.5) is 5.13 Å². The second-order valence-electron chi connectivity index (χ2n) is 4.92. The second kappa shape index (κ2) is 5.33. The van der Waals surface area contributed by atoms with Crippen LogP contribution >= 0.6 is 11.3 Å². The lowest BCUT2D eigenvalue weighted by molar-refractivity contribution is 0.0996. The molecule has 114 valence electrons. The highest BCUT2D eigenvalue weighted by Crippen LogP contribution is 2.24. The highest BCUT2D eigenvalue weighted by Gasteiger charge is 2.16. The van der Waals surface area contributed by atoms with E-state index in [0.717, 1.165) is 5.56 Å². The van der Waals surface area contributed by atoms with Crippen LogP contribution in [0.25, 0.3) is 16.3 Å². The molecule has 0 aliphatic heterocycles. The molecule has 1 amide bonds. The Kier molecular flexibility index (Phi) is 3.16. The molecule has 23 heavy (non-hydrogen) atoms. The predicted octanol–water partition coefficient (Wildman–Crippen LogP) is 3.01. The third kappa shape index (κ3) is 2.49. The number of carbonyl (C=O) groups excluding carboxylic acids is 1. The molecular formula is C15H11N5O2S. The van der Waals surface area contributed by atoms with Gasteiger partial charge in [-0.3, -0.25) is 10.1 Å². The Morgan fingerprint density at radius 2 is 2.04 bits per heavy atom. The van der Waals surface area contributed by atoms with Gasteiger partial charge in [-0.15, -0.1) is 15.3 Å². The molecule has 0 aliphatic carbocycles. The topological polar surface area (TPSA) is 85.3 Å². The van der Waals surface area contributed by atoms with Crippen molar-refractivity contribution in [3.8, 4) is 11.4 Å². The lowest BCUT2D eigenvalue weighted by Crippen LogP contribution is -2.10. The Morgan fingerprint density at radius 1 is 1.22 bits per heavy atom. The number of aryl methyl sites for hydroxylation is 1. The Balaban J connectivity index is 1.66. The summed E-state index contributed by atoms with van der Waals surface area (Å²) in [6.07, 6.45) is 1.45.